The average Bonchev–Trinajstić information content (AvgIpc) is 1.97. The molecule has 0 spiro atoms. The first-order valence-electron chi connectivity index (χ1n) is 3.48. The van der Waals surface area contributed by atoms with Gasteiger partial charge in [-0.3, -0.25) is 0 Å². The van der Waals surface area contributed by atoms with E-state index in [1.807, 2.05) is 0 Å². The summed E-state index contributed by atoms with van der Waals surface area (Å²) in [6.45, 7) is 2.24. The van der Waals surface area contributed by atoms with Crippen molar-refractivity contribution >= 4 is 5.97 Å². The van der Waals surface area contributed by atoms with Crippen molar-refractivity contribution in [3.63, 3.8) is 0 Å². The number of allylic oxidation sites excluding steroid dienone is 1. The molecule has 3 nitrogen and oxygen atoms in total. The van der Waals surface area contributed by atoms with Crippen molar-refractivity contribution in [1.29, 1.82) is 0 Å². The molecule has 0 saturated heterocycles. The number of carboxylic acids is 1. The molecule has 62 valence electrons. The molecule has 0 amide bonds. The van der Waals surface area contributed by atoms with E-state index in [9.17, 15) is 4.79 Å². The second kappa shape index (κ2) is 5.68. The van der Waals surface area contributed by atoms with Gasteiger partial charge in [0.05, 0.1) is 5.57 Å². The lowest BCUT2D eigenvalue weighted by Gasteiger charge is -1.90. The van der Waals surface area contributed by atoms with Crippen LogP contribution in [0.2, 0.25) is 0 Å². The summed E-state index contributed by atoms with van der Waals surface area (Å²) in [6, 6.07) is 0. The van der Waals surface area contributed by atoms with Crippen LogP contribution in [0.25, 0.3) is 0 Å². The second-order valence-corrected chi connectivity index (χ2v) is 2.03. The summed E-state index contributed by atoms with van der Waals surface area (Å²) in [6.07, 6.45) is 5.58. The van der Waals surface area contributed by atoms with Crippen LogP contribution in [0.15, 0.2) is 23.8 Å². The Labute approximate surface area is 66.2 Å². The zero-order valence-corrected chi connectivity index (χ0v) is 6.58. The third-order valence-electron chi connectivity index (χ3n) is 1.19. The molecule has 0 unspecified atom stereocenters. The summed E-state index contributed by atoms with van der Waals surface area (Å²) in [4.78, 5) is 10.4. The molecule has 0 rings (SSSR count). The van der Waals surface area contributed by atoms with E-state index >= 15 is 0 Å². The third-order valence-corrected chi connectivity index (χ3v) is 1.19. The van der Waals surface area contributed by atoms with E-state index < -0.39 is 5.97 Å². The third kappa shape index (κ3) is 4.33. The van der Waals surface area contributed by atoms with Crippen LogP contribution in [-0.4, -0.2) is 17.6 Å². The van der Waals surface area contributed by atoms with Crippen LogP contribution in [0.1, 0.15) is 13.3 Å². The molecule has 0 aromatic rings. The zero-order chi connectivity index (χ0) is 8.69. The highest BCUT2D eigenvalue weighted by Crippen LogP contribution is 1.96. The molecular weight excluding hydrogens is 142 g/mol. The molecule has 0 aliphatic rings. The molecule has 0 atom stereocenters. The summed E-state index contributed by atoms with van der Waals surface area (Å²) in [5.41, 5.74) is 5.52. The SMILES string of the molecule is C/C=C(\C=C/CCN)C(=O)O. The van der Waals surface area contributed by atoms with E-state index in [-0.39, 0.29) is 0 Å². The van der Waals surface area contributed by atoms with Crippen LogP contribution in [-0.2, 0) is 4.79 Å². The fourth-order valence-electron chi connectivity index (χ4n) is 0.598. The Morgan fingerprint density at radius 3 is 2.64 bits per heavy atom. The van der Waals surface area contributed by atoms with Gasteiger partial charge in [0.1, 0.15) is 0 Å². The Kier molecular flexibility index (Phi) is 5.11. The highest BCUT2D eigenvalue weighted by Gasteiger charge is 1.98. The van der Waals surface area contributed by atoms with Gasteiger partial charge in [0.25, 0.3) is 0 Å². The van der Waals surface area contributed by atoms with Crippen molar-refractivity contribution in [3.05, 3.63) is 23.8 Å². The van der Waals surface area contributed by atoms with Crippen LogP contribution in [0, 0.1) is 0 Å². The smallest absolute Gasteiger partial charge is 0.335 e. The average molecular weight is 155 g/mol. The first-order chi connectivity index (χ1) is 5.22. The molecule has 0 aromatic carbocycles. The molecule has 0 saturated carbocycles. The molecule has 0 fully saturated rings. The van der Waals surface area contributed by atoms with Gasteiger partial charge < -0.3 is 10.8 Å². The lowest BCUT2D eigenvalue weighted by molar-refractivity contribution is -0.132. The maximum atomic E-state index is 10.4. The number of hydrogen-bond acceptors (Lipinski definition) is 2. The number of carbonyl (C=O) groups is 1. The van der Waals surface area contributed by atoms with Crippen molar-refractivity contribution in [3.8, 4) is 0 Å². The summed E-state index contributed by atoms with van der Waals surface area (Å²) in [5.74, 6) is -0.902. The summed E-state index contributed by atoms with van der Waals surface area (Å²) >= 11 is 0. The molecule has 0 aliphatic carbocycles. The predicted octanol–water partition coefficient (Wildman–Crippen LogP) is 0.922. The molecule has 11 heavy (non-hydrogen) atoms. The lowest BCUT2D eigenvalue weighted by Crippen LogP contribution is -1.98. The minimum absolute atomic E-state index is 0.304. The number of carboxylic acid groups (broad SMARTS) is 1. The fraction of sp³-hybridized carbons (Fsp3) is 0.375. The highest BCUT2D eigenvalue weighted by molar-refractivity contribution is 5.89. The molecule has 0 aromatic heterocycles. The van der Waals surface area contributed by atoms with Crippen molar-refractivity contribution in [2.45, 2.75) is 13.3 Å². The molecule has 3 heteroatoms. The highest BCUT2D eigenvalue weighted by atomic mass is 16.4. The minimum atomic E-state index is -0.902. The van der Waals surface area contributed by atoms with E-state index in [2.05, 4.69) is 0 Å². The lowest BCUT2D eigenvalue weighted by atomic mass is 10.2. The van der Waals surface area contributed by atoms with E-state index in [1.54, 1.807) is 25.2 Å². The van der Waals surface area contributed by atoms with Gasteiger partial charge in [-0.15, -0.1) is 0 Å². The molecule has 0 radical (unpaired) electrons. The summed E-state index contributed by atoms with van der Waals surface area (Å²) in [7, 11) is 0. The summed E-state index contributed by atoms with van der Waals surface area (Å²) < 4.78 is 0. The zero-order valence-electron chi connectivity index (χ0n) is 6.58. The Hall–Kier alpha value is -1.09. The van der Waals surface area contributed by atoms with Gasteiger partial charge >= 0.3 is 5.97 Å². The normalized spacial score (nSPS) is 12.4. The standard InChI is InChI=1S/C8H13NO2/c1-2-7(8(10)11)5-3-4-6-9/h2-3,5H,4,6,9H2,1H3,(H,10,11)/b5-3-,7-2+. The van der Waals surface area contributed by atoms with Gasteiger partial charge in [-0.2, -0.15) is 0 Å². The maximum absolute atomic E-state index is 10.4. The number of hydrogen-bond donors (Lipinski definition) is 2. The van der Waals surface area contributed by atoms with Crippen LogP contribution < -0.4 is 5.73 Å². The van der Waals surface area contributed by atoms with Gasteiger partial charge in [-0.25, -0.2) is 4.79 Å². The maximum Gasteiger partial charge on any atom is 0.335 e. The Morgan fingerprint density at radius 1 is 1.64 bits per heavy atom. The predicted molar refractivity (Wildman–Crippen MR) is 44.2 cm³/mol. The van der Waals surface area contributed by atoms with Gasteiger partial charge in [0, 0.05) is 0 Å². The Balaban J connectivity index is 4.00. The first-order valence-corrected chi connectivity index (χ1v) is 3.48. The second-order valence-electron chi connectivity index (χ2n) is 2.03. The van der Waals surface area contributed by atoms with Gasteiger partial charge in [0.15, 0.2) is 0 Å². The Morgan fingerprint density at radius 2 is 2.27 bits per heavy atom. The van der Waals surface area contributed by atoms with Crippen molar-refractivity contribution in [2.75, 3.05) is 6.54 Å². The molecule has 3 N–H and O–H groups in total. The topological polar surface area (TPSA) is 63.3 Å². The number of aliphatic carboxylic acids is 1. The van der Waals surface area contributed by atoms with Crippen molar-refractivity contribution in [1.82, 2.24) is 0 Å². The number of nitrogens with two attached hydrogens (primary N) is 1. The Bertz CT molecular complexity index is 183. The molecule has 0 bridgehead atoms. The number of rotatable bonds is 4. The van der Waals surface area contributed by atoms with Crippen molar-refractivity contribution in [2.24, 2.45) is 5.73 Å². The molecule has 0 aliphatic heterocycles. The first kappa shape index (κ1) is 9.91. The largest absolute Gasteiger partial charge is 0.478 e. The monoisotopic (exact) mass is 155 g/mol. The van der Waals surface area contributed by atoms with Crippen LogP contribution in [0.3, 0.4) is 0 Å². The molecule has 0 heterocycles. The minimum Gasteiger partial charge on any atom is -0.478 e. The van der Waals surface area contributed by atoms with Gasteiger partial charge in [-0.05, 0) is 19.9 Å². The van der Waals surface area contributed by atoms with E-state index in [1.165, 1.54) is 0 Å². The van der Waals surface area contributed by atoms with E-state index in [4.69, 9.17) is 10.8 Å². The van der Waals surface area contributed by atoms with Crippen LogP contribution >= 0.6 is 0 Å². The van der Waals surface area contributed by atoms with Gasteiger partial charge in [-0.1, -0.05) is 18.2 Å². The fourth-order valence-corrected chi connectivity index (χ4v) is 0.598. The van der Waals surface area contributed by atoms with Crippen LogP contribution in [0.5, 0.6) is 0 Å². The quantitative estimate of drug-likeness (QED) is 0.468. The van der Waals surface area contributed by atoms with Crippen molar-refractivity contribution < 1.29 is 9.90 Å². The molecular formula is C8H13NO2. The summed E-state index contributed by atoms with van der Waals surface area (Å²) in [5, 5.41) is 8.52. The van der Waals surface area contributed by atoms with Gasteiger partial charge in [0.2, 0.25) is 0 Å². The van der Waals surface area contributed by atoms with Crippen LogP contribution in [0.4, 0.5) is 0 Å². The van der Waals surface area contributed by atoms with E-state index in [0.29, 0.717) is 18.5 Å². The van der Waals surface area contributed by atoms with E-state index in [0.717, 1.165) is 0 Å².